The van der Waals surface area contributed by atoms with Crippen molar-refractivity contribution in [3.8, 4) is 22.5 Å². The molecule has 3 heterocycles. The third-order valence-electron chi connectivity index (χ3n) is 4.78. The Bertz CT molecular complexity index is 1300. The summed E-state index contributed by atoms with van der Waals surface area (Å²) in [7, 11) is 3.87. The molecule has 5 rings (SSSR count). The van der Waals surface area contributed by atoms with E-state index in [1.54, 1.807) is 24.5 Å². The van der Waals surface area contributed by atoms with Gasteiger partial charge in [0.25, 0.3) is 0 Å². The zero-order valence-corrected chi connectivity index (χ0v) is 15.4. The zero-order valence-electron chi connectivity index (χ0n) is 15.4. The molecule has 6 nitrogen and oxygen atoms in total. The quantitative estimate of drug-likeness (QED) is 0.517. The van der Waals surface area contributed by atoms with E-state index >= 15 is 0 Å². The highest BCUT2D eigenvalue weighted by molar-refractivity contribution is 5.89. The summed E-state index contributed by atoms with van der Waals surface area (Å²) in [6.45, 7) is 0. The molecule has 2 aromatic carbocycles. The monoisotopic (exact) mass is 372 g/mol. The van der Waals surface area contributed by atoms with Gasteiger partial charge in [0.1, 0.15) is 5.82 Å². The Balaban J connectivity index is 1.85. The van der Waals surface area contributed by atoms with Crippen LogP contribution in [0.3, 0.4) is 0 Å². The van der Waals surface area contributed by atoms with Gasteiger partial charge in [0.05, 0.1) is 23.1 Å². The van der Waals surface area contributed by atoms with Crippen LogP contribution in [0.1, 0.15) is 0 Å². The Kier molecular flexibility index (Phi) is 3.61. The normalized spacial score (nSPS) is 11.4. The fourth-order valence-electron chi connectivity index (χ4n) is 3.45. The molecule has 0 radical (unpaired) electrons. The van der Waals surface area contributed by atoms with Crippen molar-refractivity contribution in [3.63, 3.8) is 0 Å². The molecular formula is C21H17FN6. The Labute approximate surface area is 160 Å². The van der Waals surface area contributed by atoms with Gasteiger partial charge in [-0.3, -0.25) is 9.50 Å². The first-order chi connectivity index (χ1) is 13.6. The molecule has 1 N–H and O–H groups in total. The minimum absolute atomic E-state index is 0.274. The number of rotatable bonds is 3. The smallest absolute Gasteiger partial charge is 0.181 e. The summed E-state index contributed by atoms with van der Waals surface area (Å²) in [5.41, 5.74) is 5.26. The maximum Gasteiger partial charge on any atom is 0.181 e. The molecule has 7 heteroatoms. The van der Waals surface area contributed by atoms with E-state index in [1.165, 1.54) is 12.1 Å². The van der Waals surface area contributed by atoms with Crippen LogP contribution in [0.4, 0.5) is 10.2 Å². The van der Waals surface area contributed by atoms with E-state index in [0.29, 0.717) is 0 Å². The fraction of sp³-hybridized carbons (Fsp3) is 0.0952. The molecule has 0 fully saturated rings. The van der Waals surface area contributed by atoms with Crippen LogP contribution < -0.4 is 4.90 Å². The highest BCUT2D eigenvalue weighted by atomic mass is 19.1. The van der Waals surface area contributed by atoms with Crippen molar-refractivity contribution in [3.05, 3.63) is 66.9 Å². The van der Waals surface area contributed by atoms with E-state index in [0.717, 1.165) is 44.9 Å². The number of fused-ring (bicyclic) bond motifs is 2. The van der Waals surface area contributed by atoms with Gasteiger partial charge in [0.2, 0.25) is 0 Å². The van der Waals surface area contributed by atoms with Gasteiger partial charge >= 0.3 is 0 Å². The first-order valence-corrected chi connectivity index (χ1v) is 8.85. The number of hydrogen-bond acceptors (Lipinski definition) is 4. The molecule has 0 aliphatic heterocycles. The molecule has 0 aliphatic carbocycles. The molecule has 0 amide bonds. The van der Waals surface area contributed by atoms with Crippen LogP contribution in [0.5, 0.6) is 0 Å². The fourth-order valence-corrected chi connectivity index (χ4v) is 3.45. The second kappa shape index (κ2) is 6.16. The van der Waals surface area contributed by atoms with Crippen LogP contribution in [0.15, 0.2) is 61.1 Å². The van der Waals surface area contributed by atoms with Crippen LogP contribution in [-0.2, 0) is 0 Å². The number of nitrogens with one attached hydrogen (secondary N) is 1. The lowest BCUT2D eigenvalue weighted by Crippen LogP contribution is -2.12. The van der Waals surface area contributed by atoms with Crippen LogP contribution in [0.2, 0.25) is 0 Å². The van der Waals surface area contributed by atoms with E-state index in [2.05, 4.69) is 21.2 Å². The molecule has 0 spiro atoms. The Morgan fingerprint density at radius 1 is 1.04 bits per heavy atom. The van der Waals surface area contributed by atoms with Gasteiger partial charge in [-0.2, -0.15) is 5.10 Å². The van der Waals surface area contributed by atoms with Gasteiger partial charge in [-0.05, 0) is 36.4 Å². The molecular weight excluding hydrogens is 355 g/mol. The number of aromatic nitrogens is 5. The zero-order chi connectivity index (χ0) is 19.3. The number of benzene rings is 2. The SMILES string of the molecule is CN(C)c1nccn2c(-c3ccc4[nH]ncc4c3)c(-c3ccc(F)cc3)nc12. The third kappa shape index (κ3) is 2.51. The number of hydrogen-bond donors (Lipinski definition) is 1. The minimum atomic E-state index is -0.274. The highest BCUT2D eigenvalue weighted by Crippen LogP contribution is 2.35. The first-order valence-electron chi connectivity index (χ1n) is 8.85. The lowest BCUT2D eigenvalue weighted by Gasteiger charge is -2.12. The second-order valence-corrected chi connectivity index (χ2v) is 6.83. The first kappa shape index (κ1) is 16.4. The second-order valence-electron chi connectivity index (χ2n) is 6.83. The average Bonchev–Trinajstić information content (AvgIpc) is 3.31. The van der Waals surface area contributed by atoms with E-state index < -0.39 is 0 Å². The Morgan fingerprint density at radius 2 is 1.82 bits per heavy atom. The molecule has 3 aromatic heterocycles. The summed E-state index contributed by atoms with van der Waals surface area (Å²) in [5.74, 6) is 0.492. The molecule has 0 atom stereocenters. The van der Waals surface area contributed by atoms with Crippen molar-refractivity contribution in [2.45, 2.75) is 0 Å². The predicted octanol–water partition coefficient (Wildman–Crippen LogP) is 4.14. The molecule has 28 heavy (non-hydrogen) atoms. The Morgan fingerprint density at radius 3 is 2.61 bits per heavy atom. The minimum Gasteiger partial charge on any atom is -0.360 e. The summed E-state index contributed by atoms with van der Waals surface area (Å²) in [6.07, 6.45) is 5.46. The van der Waals surface area contributed by atoms with Gasteiger partial charge in [-0.1, -0.05) is 6.07 Å². The molecule has 0 aliphatic rings. The average molecular weight is 372 g/mol. The standard InChI is InChI=1S/C21H17FN6/c1-27(2)20-21-25-18(13-3-6-16(22)7-4-13)19(28(21)10-9-23-20)14-5-8-17-15(11-14)12-24-26-17/h3-12H,1-2H3,(H,24,26). The van der Waals surface area contributed by atoms with E-state index in [1.807, 2.05) is 41.7 Å². The number of nitrogens with zero attached hydrogens (tertiary/aromatic N) is 5. The Hall–Kier alpha value is -3.74. The van der Waals surface area contributed by atoms with Crippen molar-refractivity contribution < 1.29 is 4.39 Å². The molecule has 0 saturated carbocycles. The predicted molar refractivity (Wildman–Crippen MR) is 108 cm³/mol. The number of H-pyrrole nitrogens is 1. The maximum atomic E-state index is 13.5. The third-order valence-corrected chi connectivity index (χ3v) is 4.78. The molecule has 0 unspecified atom stereocenters. The number of aromatic amines is 1. The molecule has 0 bridgehead atoms. The van der Waals surface area contributed by atoms with Crippen LogP contribution in [0.25, 0.3) is 39.1 Å². The summed E-state index contributed by atoms with van der Waals surface area (Å²) < 4.78 is 15.5. The summed E-state index contributed by atoms with van der Waals surface area (Å²) >= 11 is 0. The van der Waals surface area contributed by atoms with Gasteiger partial charge in [-0.15, -0.1) is 0 Å². The van der Waals surface area contributed by atoms with Crippen molar-refractivity contribution in [1.82, 2.24) is 24.6 Å². The van der Waals surface area contributed by atoms with Gasteiger partial charge in [0, 0.05) is 43.0 Å². The topological polar surface area (TPSA) is 62.1 Å². The highest BCUT2D eigenvalue weighted by Gasteiger charge is 2.19. The summed E-state index contributed by atoms with van der Waals surface area (Å²) in [4.78, 5) is 11.3. The number of halogens is 1. The van der Waals surface area contributed by atoms with Crippen molar-refractivity contribution in [1.29, 1.82) is 0 Å². The van der Waals surface area contributed by atoms with Gasteiger partial charge in [0.15, 0.2) is 11.5 Å². The van der Waals surface area contributed by atoms with Gasteiger partial charge in [-0.25, -0.2) is 14.4 Å². The maximum absolute atomic E-state index is 13.5. The van der Waals surface area contributed by atoms with Crippen LogP contribution >= 0.6 is 0 Å². The van der Waals surface area contributed by atoms with Crippen LogP contribution in [0, 0.1) is 5.82 Å². The number of anilines is 1. The van der Waals surface area contributed by atoms with E-state index in [-0.39, 0.29) is 5.82 Å². The lowest BCUT2D eigenvalue weighted by molar-refractivity contribution is 0.628. The molecule has 0 saturated heterocycles. The summed E-state index contributed by atoms with van der Waals surface area (Å²) in [6, 6.07) is 12.5. The number of imidazole rings is 1. The van der Waals surface area contributed by atoms with Crippen molar-refractivity contribution in [2.24, 2.45) is 0 Å². The van der Waals surface area contributed by atoms with Crippen molar-refractivity contribution in [2.75, 3.05) is 19.0 Å². The van der Waals surface area contributed by atoms with E-state index in [4.69, 9.17) is 4.98 Å². The van der Waals surface area contributed by atoms with Gasteiger partial charge < -0.3 is 4.90 Å². The molecule has 5 aromatic rings. The van der Waals surface area contributed by atoms with E-state index in [9.17, 15) is 4.39 Å². The largest absolute Gasteiger partial charge is 0.360 e. The van der Waals surface area contributed by atoms with Crippen molar-refractivity contribution >= 4 is 22.4 Å². The molecule has 138 valence electrons. The lowest BCUT2D eigenvalue weighted by atomic mass is 10.0. The summed E-state index contributed by atoms with van der Waals surface area (Å²) in [5, 5.41) is 8.10. The van der Waals surface area contributed by atoms with Crippen LogP contribution in [-0.4, -0.2) is 38.7 Å².